The number of halogens is 2. The van der Waals surface area contributed by atoms with Crippen LogP contribution in [0.25, 0.3) is 21.8 Å². The molecule has 5 heteroatoms. The molecular formula is C20H13BrFN2O. The van der Waals surface area contributed by atoms with Gasteiger partial charge in [0.25, 0.3) is 0 Å². The third kappa shape index (κ3) is 2.61. The van der Waals surface area contributed by atoms with Gasteiger partial charge in [-0.25, -0.2) is 4.39 Å². The molecule has 0 unspecified atom stereocenters. The summed E-state index contributed by atoms with van der Waals surface area (Å²) in [6, 6.07) is 19.2. The lowest BCUT2D eigenvalue weighted by atomic mass is 10.1. The van der Waals surface area contributed by atoms with Gasteiger partial charge in [-0.05, 0) is 36.4 Å². The van der Waals surface area contributed by atoms with Crippen molar-refractivity contribution in [1.29, 1.82) is 0 Å². The fourth-order valence-corrected chi connectivity index (χ4v) is 3.54. The molecule has 1 amide bonds. The van der Waals surface area contributed by atoms with Gasteiger partial charge in [-0.15, -0.1) is 0 Å². The van der Waals surface area contributed by atoms with E-state index in [-0.39, 0.29) is 5.82 Å². The summed E-state index contributed by atoms with van der Waals surface area (Å²) >= 11 is 3.28. The number of aromatic nitrogens is 1. The van der Waals surface area contributed by atoms with E-state index in [0.29, 0.717) is 22.1 Å². The molecule has 1 heterocycles. The summed E-state index contributed by atoms with van der Waals surface area (Å²) < 4.78 is 17.0. The molecule has 3 nitrogen and oxygen atoms in total. The maximum atomic E-state index is 14.3. The summed E-state index contributed by atoms with van der Waals surface area (Å²) in [6.07, 6.45) is 0. The van der Waals surface area contributed by atoms with E-state index in [1.165, 1.54) is 6.07 Å². The first kappa shape index (κ1) is 15.8. The van der Waals surface area contributed by atoms with Crippen LogP contribution in [0.5, 0.6) is 0 Å². The fourth-order valence-electron chi connectivity index (χ4n) is 3.21. The lowest BCUT2D eigenvalue weighted by Crippen LogP contribution is -2.11. The van der Waals surface area contributed by atoms with Crippen LogP contribution in [0.2, 0.25) is 0 Å². The second kappa shape index (κ2) is 6.01. The molecule has 0 saturated heterocycles. The number of carbonyl (C=O) groups excluding carboxylic acids is 1. The fraction of sp³-hybridized carbons (Fsp3) is 0.0500. The second-order valence-electron chi connectivity index (χ2n) is 5.82. The van der Waals surface area contributed by atoms with Crippen molar-refractivity contribution in [2.24, 2.45) is 5.73 Å². The smallest absolute Gasteiger partial charge is 0.249 e. The van der Waals surface area contributed by atoms with Crippen LogP contribution in [-0.2, 0) is 6.54 Å². The van der Waals surface area contributed by atoms with Crippen LogP contribution in [0, 0.1) is 11.9 Å². The van der Waals surface area contributed by atoms with Gasteiger partial charge in [0.15, 0.2) is 0 Å². The highest BCUT2D eigenvalue weighted by molar-refractivity contribution is 9.10. The molecule has 0 spiro atoms. The van der Waals surface area contributed by atoms with Gasteiger partial charge in [-0.3, -0.25) is 4.79 Å². The first-order valence-electron chi connectivity index (χ1n) is 7.71. The molecule has 4 rings (SSSR count). The summed E-state index contributed by atoms with van der Waals surface area (Å²) in [5.41, 5.74) is 8.27. The van der Waals surface area contributed by atoms with Crippen molar-refractivity contribution in [1.82, 2.24) is 4.57 Å². The molecule has 123 valence electrons. The highest BCUT2D eigenvalue weighted by Crippen LogP contribution is 2.32. The van der Waals surface area contributed by atoms with Gasteiger partial charge < -0.3 is 10.3 Å². The minimum absolute atomic E-state index is 0.282. The normalized spacial score (nSPS) is 11.3. The molecule has 3 aromatic carbocycles. The predicted molar refractivity (Wildman–Crippen MR) is 100.0 cm³/mol. The Labute approximate surface area is 152 Å². The number of rotatable bonds is 3. The number of benzene rings is 3. The molecule has 0 fully saturated rings. The van der Waals surface area contributed by atoms with Crippen molar-refractivity contribution in [3.8, 4) is 0 Å². The molecule has 0 aliphatic rings. The molecular weight excluding hydrogens is 383 g/mol. The van der Waals surface area contributed by atoms with Gasteiger partial charge in [0.05, 0.1) is 17.6 Å². The largest absolute Gasteiger partial charge is 0.366 e. The highest BCUT2D eigenvalue weighted by Gasteiger charge is 2.17. The molecule has 2 N–H and O–H groups in total. The number of carbonyl (C=O) groups is 1. The maximum Gasteiger partial charge on any atom is 0.249 e. The Kier molecular flexibility index (Phi) is 3.81. The molecule has 0 bridgehead atoms. The van der Waals surface area contributed by atoms with E-state index in [4.69, 9.17) is 5.73 Å². The van der Waals surface area contributed by atoms with Crippen LogP contribution in [0.1, 0.15) is 15.9 Å². The van der Waals surface area contributed by atoms with Gasteiger partial charge in [0, 0.05) is 26.4 Å². The number of amides is 1. The first-order valence-corrected chi connectivity index (χ1v) is 8.51. The summed E-state index contributed by atoms with van der Waals surface area (Å²) in [7, 11) is 0. The van der Waals surface area contributed by atoms with Crippen LogP contribution in [0.15, 0.2) is 59.1 Å². The lowest BCUT2D eigenvalue weighted by molar-refractivity contribution is 0.100. The van der Waals surface area contributed by atoms with Gasteiger partial charge >= 0.3 is 0 Å². The van der Waals surface area contributed by atoms with Crippen molar-refractivity contribution in [3.05, 3.63) is 82.1 Å². The standard InChI is InChI=1S/C20H13BrFN2O/c21-13-9-8-12(16(22)10-13)11-24-17-6-2-1-4-14(17)19-15(20(23)25)5-3-7-18(19)24/h1-3,5-10H,11H2,(H2,23,25). The highest BCUT2D eigenvalue weighted by atomic mass is 79.9. The predicted octanol–water partition coefficient (Wildman–Crippen LogP) is 4.64. The SMILES string of the molecule is NC(=O)c1cccc2c1c1[c]cccc1n2Cc1ccc(Br)cc1F. The van der Waals surface area contributed by atoms with Crippen LogP contribution in [-0.4, -0.2) is 10.5 Å². The van der Waals surface area contributed by atoms with Gasteiger partial charge in [-0.1, -0.05) is 40.2 Å². The number of primary amides is 1. The minimum Gasteiger partial charge on any atom is -0.366 e. The summed E-state index contributed by atoms with van der Waals surface area (Å²) in [4.78, 5) is 11.9. The Hall–Kier alpha value is -2.66. The monoisotopic (exact) mass is 395 g/mol. The number of hydrogen-bond acceptors (Lipinski definition) is 1. The van der Waals surface area contributed by atoms with E-state index in [9.17, 15) is 9.18 Å². The Balaban J connectivity index is 2.02. The molecule has 0 aliphatic carbocycles. The van der Waals surface area contributed by atoms with E-state index in [1.807, 2.05) is 28.8 Å². The van der Waals surface area contributed by atoms with Crippen molar-refractivity contribution in [2.45, 2.75) is 6.54 Å². The van der Waals surface area contributed by atoms with Crippen LogP contribution in [0.3, 0.4) is 0 Å². The third-order valence-electron chi connectivity index (χ3n) is 4.32. The lowest BCUT2D eigenvalue weighted by Gasteiger charge is -2.09. The van der Waals surface area contributed by atoms with Crippen LogP contribution in [0.4, 0.5) is 4.39 Å². The van der Waals surface area contributed by atoms with E-state index in [2.05, 4.69) is 22.0 Å². The summed E-state index contributed by atoms with van der Waals surface area (Å²) in [5.74, 6) is -0.771. The number of nitrogens with two attached hydrogens (primary N) is 1. The quantitative estimate of drug-likeness (QED) is 0.539. The van der Waals surface area contributed by atoms with Gasteiger partial charge in [0.1, 0.15) is 5.82 Å². The zero-order valence-electron chi connectivity index (χ0n) is 13.1. The number of fused-ring (bicyclic) bond motifs is 3. The molecule has 0 aliphatic heterocycles. The molecule has 25 heavy (non-hydrogen) atoms. The number of nitrogens with zero attached hydrogens (tertiary/aromatic N) is 1. The Morgan fingerprint density at radius 2 is 1.96 bits per heavy atom. The third-order valence-corrected chi connectivity index (χ3v) is 4.81. The topological polar surface area (TPSA) is 48.0 Å². The average Bonchev–Trinajstić information content (AvgIpc) is 2.91. The number of hydrogen-bond donors (Lipinski definition) is 1. The van der Waals surface area contributed by atoms with E-state index in [1.54, 1.807) is 24.3 Å². The second-order valence-corrected chi connectivity index (χ2v) is 6.73. The minimum atomic E-state index is -0.489. The van der Waals surface area contributed by atoms with Crippen LogP contribution < -0.4 is 5.73 Å². The molecule has 0 saturated carbocycles. The zero-order valence-corrected chi connectivity index (χ0v) is 14.7. The van der Waals surface area contributed by atoms with Crippen molar-refractivity contribution < 1.29 is 9.18 Å². The van der Waals surface area contributed by atoms with Crippen molar-refractivity contribution >= 4 is 43.6 Å². The van der Waals surface area contributed by atoms with Crippen molar-refractivity contribution in [2.75, 3.05) is 0 Å². The average molecular weight is 396 g/mol. The van der Waals surface area contributed by atoms with Crippen LogP contribution >= 0.6 is 15.9 Å². The van der Waals surface area contributed by atoms with E-state index >= 15 is 0 Å². The molecule has 0 atom stereocenters. The summed E-state index contributed by atoms with van der Waals surface area (Å²) in [6.45, 7) is 0.346. The Morgan fingerprint density at radius 3 is 2.72 bits per heavy atom. The summed E-state index contributed by atoms with van der Waals surface area (Å²) in [5, 5.41) is 1.56. The van der Waals surface area contributed by atoms with E-state index < -0.39 is 5.91 Å². The maximum absolute atomic E-state index is 14.3. The van der Waals surface area contributed by atoms with Crippen molar-refractivity contribution in [3.63, 3.8) is 0 Å². The van der Waals surface area contributed by atoms with Gasteiger partial charge in [0.2, 0.25) is 5.91 Å². The Morgan fingerprint density at radius 1 is 1.16 bits per heavy atom. The zero-order chi connectivity index (χ0) is 17.6. The molecule has 4 aromatic rings. The first-order chi connectivity index (χ1) is 12.1. The van der Waals surface area contributed by atoms with Gasteiger partial charge in [-0.2, -0.15) is 0 Å². The molecule has 1 radical (unpaired) electrons. The molecule has 1 aromatic heterocycles. The van der Waals surface area contributed by atoms with E-state index in [0.717, 1.165) is 21.8 Å². The Bertz CT molecular complexity index is 1130.